The maximum atomic E-state index is 11.8. The second-order valence-corrected chi connectivity index (χ2v) is 4.95. The summed E-state index contributed by atoms with van der Waals surface area (Å²) in [7, 11) is 1.60. The van der Waals surface area contributed by atoms with Gasteiger partial charge in [-0.3, -0.25) is 4.79 Å². The Morgan fingerprint density at radius 1 is 1.29 bits per heavy atom. The van der Waals surface area contributed by atoms with E-state index < -0.39 is 12.0 Å². The summed E-state index contributed by atoms with van der Waals surface area (Å²) in [5.41, 5.74) is 1.02. The van der Waals surface area contributed by atoms with Crippen LogP contribution in [0.2, 0.25) is 0 Å². The van der Waals surface area contributed by atoms with Gasteiger partial charge in [0.25, 0.3) is 0 Å². The number of hydrogen-bond acceptors (Lipinski definition) is 3. The Kier molecular flexibility index (Phi) is 7.29. The second kappa shape index (κ2) is 9.00. The van der Waals surface area contributed by atoms with E-state index in [2.05, 4.69) is 5.32 Å². The van der Waals surface area contributed by atoms with E-state index in [1.54, 1.807) is 7.11 Å². The fraction of sp³-hybridized carbons (Fsp3) is 0.500. The van der Waals surface area contributed by atoms with Gasteiger partial charge in [0, 0.05) is 6.42 Å². The number of amides is 1. The van der Waals surface area contributed by atoms with Crippen LogP contribution in [0.15, 0.2) is 24.3 Å². The number of carboxylic acids is 1. The fourth-order valence-electron chi connectivity index (χ4n) is 1.98. The maximum Gasteiger partial charge on any atom is 0.326 e. The van der Waals surface area contributed by atoms with E-state index in [1.807, 2.05) is 31.2 Å². The van der Waals surface area contributed by atoms with Gasteiger partial charge in [-0.05, 0) is 30.5 Å². The minimum atomic E-state index is -0.971. The van der Waals surface area contributed by atoms with Crippen LogP contribution in [-0.4, -0.2) is 30.1 Å². The normalized spacial score (nSPS) is 11.7. The molecule has 1 atom stereocenters. The van der Waals surface area contributed by atoms with Crippen LogP contribution in [0.25, 0.3) is 0 Å². The van der Waals surface area contributed by atoms with Gasteiger partial charge in [-0.25, -0.2) is 4.79 Å². The number of carbonyl (C=O) groups is 2. The molecule has 1 rings (SSSR count). The van der Waals surface area contributed by atoms with Crippen molar-refractivity contribution in [1.29, 1.82) is 0 Å². The molecule has 0 aliphatic carbocycles. The Balaban J connectivity index is 2.42. The van der Waals surface area contributed by atoms with Crippen molar-refractivity contribution in [2.24, 2.45) is 0 Å². The number of carbonyl (C=O) groups excluding carboxylic acids is 1. The molecule has 5 nitrogen and oxygen atoms in total. The molecule has 116 valence electrons. The zero-order valence-corrected chi connectivity index (χ0v) is 12.6. The standard InChI is InChI=1S/C16H23NO4/c1-3-4-5-14(16(19)20)17-15(18)11-8-12-6-9-13(21-2)10-7-12/h6-7,9-10,14H,3-5,8,11H2,1-2H3,(H,17,18)(H,19,20)/t14-/m0/s1. The quantitative estimate of drug-likeness (QED) is 0.733. The van der Waals surface area contributed by atoms with Crippen LogP contribution in [0, 0.1) is 0 Å². The molecule has 0 unspecified atom stereocenters. The molecule has 2 N–H and O–H groups in total. The number of aryl methyl sites for hydroxylation is 1. The summed E-state index contributed by atoms with van der Waals surface area (Å²) in [4.78, 5) is 22.9. The lowest BCUT2D eigenvalue weighted by Gasteiger charge is -2.14. The van der Waals surface area contributed by atoms with Crippen molar-refractivity contribution >= 4 is 11.9 Å². The Morgan fingerprint density at radius 2 is 1.95 bits per heavy atom. The zero-order chi connectivity index (χ0) is 15.7. The third kappa shape index (κ3) is 6.29. The highest BCUT2D eigenvalue weighted by Gasteiger charge is 2.18. The number of carboxylic acid groups (broad SMARTS) is 1. The first-order valence-corrected chi connectivity index (χ1v) is 7.22. The number of benzene rings is 1. The summed E-state index contributed by atoms with van der Waals surface area (Å²) in [6.45, 7) is 1.99. The predicted octanol–water partition coefficient (Wildman–Crippen LogP) is 2.39. The Labute approximate surface area is 125 Å². The van der Waals surface area contributed by atoms with Crippen LogP contribution >= 0.6 is 0 Å². The van der Waals surface area contributed by atoms with Gasteiger partial charge >= 0.3 is 5.97 Å². The third-order valence-electron chi connectivity index (χ3n) is 3.28. The summed E-state index contributed by atoms with van der Waals surface area (Å²) < 4.78 is 5.07. The van der Waals surface area contributed by atoms with E-state index in [-0.39, 0.29) is 12.3 Å². The maximum absolute atomic E-state index is 11.8. The van der Waals surface area contributed by atoms with E-state index in [4.69, 9.17) is 9.84 Å². The molecular formula is C16H23NO4. The topological polar surface area (TPSA) is 75.6 Å². The lowest BCUT2D eigenvalue weighted by Crippen LogP contribution is -2.40. The minimum absolute atomic E-state index is 0.227. The number of nitrogens with one attached hydrogen (secondary N) is 1. The molecule has 0 spiro atoms. The molecule has 0 heterocycles. The molecule has 0 fully saturated rings. The number of rotatable bonds is 9. The zero-order valence-electron chi connectivity index (χ0n) is 12.6. The lowest BCUT2D eigenvalue weighted by molar-refractivity contribution is -0.142. The average molecular weight is 293 g/mol. The van der Waals surface area contributed by atoms with Crippen molar-refractivity contribution in [3.05, 3.63) is 29.8 Å². The number of hydrogen-bond donors (Lipinski definition) is 2. The van der Waals surface area contributed by atoms with Gasteiger partial charge < -0.3 is 15.2 Å². The Bertz CT molecular complexity index is 456. The van der Waals surface area contributed by atoms with Crippen LogP contribution in [0.4, 0.5) is 0 Å². The van der Waals surface area contributed by atoms with Crippen LogP contribution in [0.1, 0.15) is 38.2 Å². The first-order chi connectivity index (χ1) is 10.1. The van der Waals surface area contributed by atoms with Gasteiger partial charge in [0.15, 0.2) is 0 Å². The van der Waals surface area contributed by atoms with Crippen molar-refractivity contribution in [3.63, 3.8) is 0 Å². The van der Waals surface area contributed by atoms with Crippen molar-refractivity contribution in [1.82, 2.24) is 5.32 Å². The van der Waals surface area contributed by atoms with Gasteiger partial charge in [-0.2, -0.15) is 0 Å². The first-order valence-electron chi connectivity index (χ1n) is 7.22. The monoisotopic (exact) mass is 293 g/mol. The molecule has 1 amide bonds. The van der Waals surface area contributed by atoms with Crippen LogP contribution in [0.5, 0.6) is 5.75 Å². The molecule has 21 heavy (non-hydrogen) atoms. The average Bonchev–Trinajstić information content (AvgIpc) is 2.49. The van der Waals surface area contributed by atoms with Gasteiger partial charge in [0.1, 0.15) is 11.8 Å². The predicted molar refractivity (Wildman–Crippen MR) is 80.4 cm³/mol. The molecule has 0 bridgehead atoms. The molecular weight excluding hydrogens is 270 g/mol. The summed E-state index contributed by atoms with van der Waals surface area (Å²) >= 11 is 0. The molecule has 1 aromatic carbocycles. The van der Waals surface area contributed by atoms with E-state index in [0.717, 1.165) is 24.2 Å². The Morgan fingerprint density at radius 3 is 2.48 bits per heavy atom. The highest BCUT2D eigenvalue weighted by molar-refractivity contribution is 5.83. The first kappa shape index (κ1) is 17.0. The molecule has 5 heteroatoms. The summed E-state index contributed by atoms with van der Waals surface area (Å²) in [5, 5.41) is 11.6. The number of aliphatic carboxylic acids is 1. The molecule has 0 aromatic heterocycles. The third-order valence-corrected chi connectivity index (χ3v) is 3.28. The molecule has 0 aliphatic heterocycles. The largest absolute Gasteiger partial charge is 0.497 e. The highest BCUT2D eigenvalue weighted by atomic mass is 16.5. The molecule has 1 aromatic rings. The summed E-state index contributed by atoms with van der Waals surface area (Å²) in [6.07, 6.45) is 3.03. The van der Waals surface area contributed by atoms with Gasteiger partial charge in [-0.1, -0.05) is 31.9 Å². The second-order valence-electron chi connectivity index (χ2n) is 4.95. The SMILES string of the molecule is CCCC[C@H](NC(=O)CCc1ccc(OC)cc1)C(=O)O. The number of ether oxygens (including phenoxy) is 1. The van der Waals surface area contributed by atoms with Crippen molar-refractivity contribution in [2.75, 3.05) is 7.11 Å². The molecule has 0 saturated heterocycles. The van der Waals surface area contributed by atoms with Crippen molar-refractivity contribution < 1.29 is 19.4 Å². The molecule has 0 aliphatic rings. The minimum Gasteiger partial charge on any atom is -0.497 e. The lowest BCUT2D eigenvalue weighted by atomic mass is 10.1. The van der Waals surface area contributed by atoms with Crippen molar-refractivity contribution in [3.8, 4) is 5.75 Å². The fourth-order valence-corrected chi connectivity index (χ4v) is 1.98. The van der Waals surface area contributed by atoms with E-state index in [9.17, 15) is 9.59 Å². The summed E-state index contributed by atoms with van der Waals surface area (Å²) in [5.74, 6) is -0.427. The van der Waals surface area contributed by atoms with Gasteiger partial charge in [-0.15, -0.1) is 0 Å². The number of unbranched alkanes of at least 4 members (excludes halogenated alkanes) is 1. The van der Waals surface area contributed by atoms with Crippen LogP contribution < -0.4 is 10.1 Å². The van der Waals surface area contributed by atoms with E-state index in [0.29, 0.717) is 12.8 Å². The van der Waals surface area contributed by atoms with Crippen LogP contribution in [0.3, 0.4) is 0 Å². The van der Waals surface area contributed by atoms with Gasteiger partial charge in [0.05, 0.1) is 7.11 Å². The molecule has 0 radical (unpaired) electrons. The smallest absolute Gasteiger partial charge is 0.326 e. The highest BCUT2D eigenvalue weighted by Crippen LogP contribution is 2.12. The van der Waals surface area contributed by atoms with E-state index >= 15 is 0 Å². The van der Waals surface area contributed by atoms with Gasteiger partial charge in [0.2, 0.25) is 5.91 Å². The molecule has 0 saturated carbocycles. The van der Waals surface area contributed by atoms with E-state index in [1.165, 1.54) is 0 Å². The number of methoxy groups -OCH3 is 1. The van der Waals surface area contributed by atoms with Crippen LogP contribution in [-0.2, 0) is 16.0 Å². The Hall–Kier alpha value is -2.04. The van der Waals surface area contributed by atoms with Crippen molar-refractivity contribution in [2.45, 2.75) is 45.1 Å². The summed E-state index contributed by atoms with van der Waals surface area (Å²) in [6, 6.07) is 6.70.